The number of aliphatic imine (C=N–C) groups is 2. The first-order chi connectivity index (χ1) is 6.83. The van der Waals surface area contributed by atoms with Gasteiger partial charge in [-0.2, -0.15) is 0 Å². The third kappa shape index (κ3) is 22.5. The van der Waals surface area contributed by atoms with Gasteiger partial charge in [-0.15, -0.1) is 11.6 Å². The van der Waals surface area contributed by atoms with Crippen molar-refractivity contribution < 1.29 is 4.74 Å². The first-order valence-corrected chi connectivity index (χ1v) is 4.63. The molecule has 0 amide bonds. The number of methoxy groups -OCH3 is 1. The Balaban J connectivity index is 0. The van der Waals surface area contributed by atoms with Crippen LogP contribution in [0.2, 0.25) is 0 Å². The third-order valence-electron chi connectivity index (χ3n) is 0.914. The zero-order valence-electron chi connectivity index (χ0n) is 8.69. The van der Waals surface area contributed by atoms with Gasteiger partial charge in [0.25, 0.3) is 0 Å². The van der Waals surface area contributed by atoms with Crippen molar-refractivity contribution in [3.8, 4) is 0 Å². The summed E-state index contributed by atoms with van der Waals surface area (Å²) in [6, 6.07) is 0.317. The maximum absolute atomic E-state index is 5.25. The average molecular weight is 217 g/mol. The molecule has 0 spiro atoms. The van der Waals surface area contributed by atoms with Crippen molar-refractivity contribution in [3.63, 3.8) is 0 Å². The van der Waals surface area contributed by atoms with E-state index in [2.05, 4.69) is 16.7 Å². The number of hydrogen-bond acceptors (Lipinski definition) is 3. The monoisotopic (exact) mass is 216 g/mol. The van der Waals surface area contributed by atoms with Crippen LogP contribution in [0.1, 0.15) is 6.92 Å². The van der Waals surface area contributed by atoms with Gasteiger partial charge >= 0.3 is 0 Å². The second-order valence-corrected chi connectivity index (χ2v) is 2.24. The Bertz CT molecular complexity index is 189. The minimum atomic E-state index is 0.317. The van der Waals surface area contributed by atoms with E-state index in [4.69, 9.17) is 16.3 Å². The summed E-state index contributed by atoms with van der Waals surface area (Å²) in [5.41, 5.74) is 0. The van der Waals surface area contributed by atoms with Crippen LogP contribution in [0.4, 0.5) is 0 Å². The minimum Gasteiger partial charge on any atom is -0.381 e. The first kappa shape index (κ1) is 15.5. The molecule has 14 heavy (non-hydrogen) atoms. The molecule has 0 atom stereocenters. The molecule has 0 aromatic carbocycles. The molecule has 0 unspecified atom stereocenters. The summed E-state index contributed by atoms with van der Waals surface area (Å²) in [4.78, 5) is 7.17. The molecule has 4 heteroatoms. The lowest BCUT2D eigenvalue weighted by Crippen LogP contribution is -1.80. The van der Waals surface area contributed by atoms with Gasteiger partial charge in [0.2, 0.25) is 0 Å². The van der Waals surface area contributed by atoms with Crippen LogP contribution in [0.5, 0.6) is 0 Å². The van der Waals surface area contributed by atoms with E-state index in [1.807, 2.05) is 19.1 Å². The molecule has 0 bridgehead atoms. The van der Waals surface area contributed by atoms with E-state index in [9.17, 15) is 0 Å². The highest BCUT2D eigenvalue weighted by molar-refractivity contribution is 6.18. The maximum Gasteiger partial charge on any atom is 0.113 e. The Morgan fingerprint density at radius 1 is 1.50 bits per heavy atom. The van der Waals surface area contributed by atoms with Crippen LogP contribution >= 0.6 is 11.6 Å². The van der Waals surface area contributed by atoms with Gasteiger partial charge in [-0.25, -0.2) is 0 Å². The lowest BCUT2D eigenvalue weighted by Gasteiger charge is -1.83. The molecule has 0 aliphatic carbocycles. The molecule has 0 aromatic rings. The predicted molar refractivity (Wildman–Crippen MR) is 64.6 cm³/mol. The van der Waals surface area contributed by atoms with E-state index in [1.165, 1.54) is 0 Å². The van der Waals surface area contributed by atoms with Crippen LogP contribution in [0.3, 0.4) is 0 Å². The van der Waals surface area contributed by atoms with Crippen LogP contribution in [0, 0.1) is 0 Å². The van der Waals surface area contributed by atoms with E-state index in [0.29, 0.717) is 12.6 Å². The van der Waals surface area contributed by atoms with Crippen molar-refractivity contribution in [1.29, 1.82) is 0 Å². The van der Waals surface area contributed by atoms with E-state index in [-0.39, 0.29) is 0 Å². The number of halogens is 1. The van der Waals surface area contributed by atoms with E-state index in [0.717, 1.165) is 0 Å². The number of nitrogens with zero attached hydrogens (tertiary/aromatic N) is 2. The van der Waals surface area contributed by atoms with Crippen LogP contribution < -0.4 is 0 Å². The van der Waals surface area contributed by atoms with Gasteiger partial charge in [0, 0.05) is 19.5 Å². The zero-order valence-corrected chi connectivity index (χ0v) is 9.44. The minimum absolute atomic E-state index is 0.317. The molecule has 0 heterocycles. The number of rotatable bonds is 5. The summed E-state index contributed by atoms with van der Waals surface area (Å²) in [6.45, 7) is 5.73. The standard InChI is InChI=1S/C6H10ClNO.C4H7N/c1-9-5-3-2-4-8-6-7;1-3-4-5-2/h2-4H,5-6H2,1H3;3-4H,2H2,1H3/b3-2+,8-4+;4-3-. The van der Waals surface area contributed by atoms with Crippen LogP contribution in [-0.2, 0) is 4.74 Å². The van der Waals surface area contributed by atoms with E-state index < -0.39 is 0 Å². The summed E-state index contributed by atoms with van der Waals surface area (Å²) in [5.74, 6) is 0. The lowest BCUT2D eigenvalue weighted by molar-refractivity contribution is 0.234. The Hall–Kier alpha value is -0.930. The summed E-state index contributed by atoms with van der Waals surface area (Å²) in [6.07, 6.45) is 8.76. The average Bonchev–Trinajstić information content (AvgIpc) is 2.20. The Kier molecular flexibility index (Phi) is 20.0. The third-order valence-corrected chi connectivity index (χ3v) is 1.05. The largest absolute Gasteiger partial charge is 0.381 e. The molecule has 0 radical (unpaired) electrons. The first-order valence-electron chi connectivity index (χ1n) is 4.10. The number of hydrogen-bond donors (Lipinski definition) is 0. The van der Waals surface area contributed by atoms with Gasteiger partial charge in [-0.1, -0.05) is 12.2 Å². The highest BCUT2D eigenvalue weighted by atomic mass is 35.5. The smallest absolute Gasteiger partial charge is 0.113 e. The molecule has 0 fully saturated rings. The van der Waals surface area contributed by atoms with E-state index in [1.54, 1.807) is 25.6 Å². The van der Waals surface area contributed by atoms with Crippen molar-refractivity contribution in [1.82, 2.24) is 0 Å². The SMILES string of the molecule is C=N/C=C\C.COC/C=C/C=N/CCl. The zero-order chi connectivity index (χ0) is 11.1. The number of alkyl halides is 1. The highest BCUT2D eigenvalue weighted by Crippen LogP contribution is 1.75. The molecule has 0 saturated heterocycles. The summed E-state index contributed by atoms with van der Waals surface area (Å²) in [5, 5.41) is 0. The summed E-state index contributed by atoms with van der Waals surface area (Å²) < 4.78 is 4.74. The number of ether oxygens (including phenoxy) is 1. The van der Waals surface area contributed by atoms with Gasteiger partial charge in [0.05, 0.1) is 6.61 Å². The van der Waals surface area contributed by atoms with Crippen LogP contribution in [-0.4, -0.2) is 32.7 Å². The fourth-order valence-electron chi connectivity index (χ4n) is 0.419. The van der Waals surface area contributed by atoms with Crippen LogP contribution in [0.25, 0.3) is 0 Å². The summed E-state index contributed by atoms with van der Waals surface area (Å²) in [7, 11) is 1.64. The molecule has 0 saturated carbocycles. The number of allylic oxidation sites excluding steroid dienone is 2. The normalized spacial score (nSPS) is 10.8. The molecular weight excluding hydrogens is 200 g/mol. The second kappa shape index (κ2) is 18.0. The van der Waals surface area contributed by atoms with E-state index >= 15 is 0 Å². The van der Waals surface area contributed by atoms with Gasteiger partial charge in [-0.3, -0.25) is 9.98 Å². The fourth-order valence-corrected chi connectivity index (χ4v) is 0.498. The van der Waals surface area contributed by atoms with Crippen LogP contribution in [0.15, 0.2) is 34.4 Å². The van der Waals surface area contributed by atoms with Gasteiger partial charge in [-0.05, 0) is 19.7 Å². The Morgan fingerprint density at radius 3 is 2.57 bits per heavy atom. The molecule has 3 nitrogen and oxygen atoms in total. The topological polar surface area (TPSA) is 34.0 Å². The lowest BCUT2D eigenvalue weighted by atomic mass is 10.5. The van der Waals surface area contributed by atoms with Gasteiger partial charge in [0.1, 0.15) is 6.00 Å². The molecule has 0 aliphatic rings. The molecular formula is C10H17ClN2O. The van der Waals surface area contributed by atoms with Crippen molar-refractivity contribution in [2.45, 2.75) is 6.92 Å². The Labute approximate surface area is 90.9 Å². The highest BCUT2D eigenvalue weighted by Gasteiger charge is 1.67. The van der Waals surface area contributed by atoms with Crippen molar-refractivity contribution in [2.75, 3.05) is 19.7 Å². The van der Waals surface area contributed by atoms with Gasteiger partial charge < -0.3 is 4.74 Å². The Morgan fingerprint density at radius 2 is 2.21 bits per heavy atom. The fraction of sp³-hybridized carbons (Fsp3) is 0.400. The van der Waals surface area contributed by atoms with Crippen molar-refractivity contribution >= 4 is 24.5 Å². The van der Waals surface area contributed by atoms with Crippen molar-refractivity contribution in [2.24, 2.45) is 9.98 Å². The molecule has 0 rings (SSSR count). The maximum atomic E-state index is 5.25. The van der Waals surface area contributed by atoms with Crippen molar-refractivity contribution in [3.05, 3.63) is 24.4 Å². The summed E-state index contributed by atoms with van der Waals surface area (Å²) >= 11 is 5.25. The molecule has 80 valence electrons. The molecule has 0 N–H and O–H groups in total. The molecule has 0 aliphatic heterocycles. The predicted octanol–water partition coefficient (Wildman–Crippen LogP) is 2.68. The quantitative estimate of drug-likeness (QED) is 0.395. The molecule has 0 aromatic heterocycles. The second-order valence-electron chi connectivity index (χ2n) is 2.00. The van der Waals surface area contributed by atoms with Gasteiger partial charge in [0.15, 0.2) is 0 Å².